The van der Waals surface area contributed by atoms with Crippen LogP contribution in [0.15, 0.2) is 30.3 Å². The summed E-state index contributed by atoms with van der Waals surface area (Å²) in [4.78, 5) is 14.3. The summed E-state index contributed by atoms with van der Waals surface area (Å²) in [5.41, 5.74) is 1.25. The Kier molecular flexibility index (Phi) is 10.5. The van der Waals surface area contributed by atoms with Crippen molar-refractivity contribution in [1.29, 1.82) is 0 Å². The van der Waals surface area contributed by atoms with Crippen LogP contribution in [0.3, 0.4) is 0 Å². The predicted molar refractivity (Wildman–Crippen MR) is 190 cm³/mol. The molecule has 2 nitrogen and oxygen atoms in total. The van der Waals surface area contributed by atoms with Crippen LogP contribution in [0.5, 0.6) is 0 Å². The molecule has 0 spiro atoms. The summed E-state index contributed by atoms with van der Waals surface area (Å²) in [6, 6.07) is 9.47. The van der Waals surface area contributed by atoms with Gasteiger partial charge in [-0.15, -0.1) is 0 Å². The topological polar surface area (TPSA) is 26.3 Å². The van der Waals surface area contributed by atoms with E-state index in [-0.39, 0.29) is 21.8 Å². The Labute approximate surface area is 289 Å². The molecule has 6 heteroatoms. The largest absolute Gasteiger partial charge is 0.459 e. The zero-order chi connectivity index (χ0) is 30.6. The molecule has 5 unspecified atom stereocenters. The number of carbonyl (C=O) groups excluding carboxylic acids is 1. The Hall–Kier alpha value is 0.610. The fourth-order valence-corrected chi connectivity index (χ4v) is 15.2. The lowest BCUT2D eigenvalue weighted by atomic mass is 9.44. The lowest BCUT2D eigenvalue weighted by Crippen LogP contribution is -2.64. The average molecular weight is 836 g/mol. The van der Waals surface area contributed by atoms with Gasteiger partial charge in [-0.3, -0.25) is 0 Å². The molecule has 0 amide bonds. The highest BCUT2D eigenvalue weighted by Gasteiger charge is 2.67. The van der Waals surface area contributed by atoms with E-state index in [4.69, 9.17) is 4.74 Å². The van der Waals surface area contributed by atoms with E-state index < -0.39 is 0 Å². The molecular formula is C36H52Br4O2. The van der Waals surface area contributed by atoms with Gasteiger partial charge in [0, 0.05) is 25.2 Å². The highest BCUT2D eigenvalue weighted by molar-refractivity contribution is 9.12. The van der Waals surface area contributed by atoms with Crippen LogP contribution in [0, 0.1) is 52.3 Å². The van der Waals surface area contributed by atoms with Crippen molar-refractivity contribution in [3.05, 3.63) is 35.9 Å². The van der Waals surface area contributed by atoms with Crippen LogP contribution in [-0.4, -0.2) is 30.9 Å². The number of benzene rings is 1. The number of hydrogen-bond acceptors (Lipinski definition) is 2. The highest BCUT2D eigenvalue weighted by Crippen LogP contribution is 2.72. The van der Waals surface area contributed by atoms with Crippen molar-refractivity contribution in [2.75, 3.05) is 0 Å². The van der Waals surface area contributed by atoms with E-state index in [1.807, 2.05) is 30.3 Å². The van der Waals surface area contributed by atoms with Crippen molar-refractivity contribution in [3.8, 4) is 0 Å². The third-order valence-electron chi connectivity index (χ3n) is 13.2. The molecule has 4 fully saturated rings. The molecule has 236 valence electrons. The van der Waals surface area contributed by atoms with E-state index in [0.29, 0.717) is 43.2 Å². The van der Waals surface area contributed by atoms with Gasteiger partial charge in [0.25, 0.3) is 0 Å². The number of carbonyl (C=O) groups is 1. The Bertz CT molecular complexity index is 1100. The van der Waals surface area contributed by atoms with Crippen LogP contribution in [0.2, 0.25) is 0 Å². The molecule has 1 aromatic carbocycles. The van der Waals surface area contributed by atoms with Gasteiger partial charge in [-0.25, -0.2) is 4.79 Å². The number of alkyl halides is 4. The van der Waals surface area contributed by atoms with E-state index in [1.165, 1.54) is 38.5 Å². The van der Waals surface area contributed by atoms with Crippen LogP contribution >= 0.6 is 63.7 Å². The lowest BCUT2D eigenvalue weighted by Gasteiger charge is -2.66. The van der Waals surface area contributed by atoms with Crippen molar-refractivity contribution < 1.29 is 9.53 Å². The Morgan fingerprint density at radius 3 is 2.31 bits per heavy atom. The summed E-state index contributed by atoms with van der Waals surface area (Å²) in [6.07, 6.45) is 10.8. The quantitative estimate of drug-likeness (QED) is 0.193. The smallest absolute Gasteiger partial charge is 0.338 e. The Morgan fingerprint density at radius 1 is 0.976 bits per heavy atom. The maximum absolute atomic E-state index is 12.9. The Balaban J connectivity index is 1.31. The van der Waals surface area contributed by atoms with E-state index >= 15 is 0 Å². The minimum absolute atomic E-state index is 0.0434. The molecular weight excluding hydrogens is 784 g/mol. The molecule has 4 aliphatic carbocycles. The number of halogens is 4. The van der Waals surface area contributed by atoms with Crippen LogP contribution in [0.4, 0.5) is 0 Å². The predicted octanol–water partition coefficient (Wildman–Crippen LogP) is 11.6. The fraction of sp³-hybridized carbons (Fsp3) is 0.806. The van der Waals surface area contributed by atoms with Crippen LogP contribution in [0.1, 0.15) is 110 Å². The second-order valence-corrected chi connectivity index (χ2v) is 19.9. The fourth-order valence-electron chi connectivity index (χ4n) is 10.8. The molecule has 0 radical (unpaired) electrons. The lowest BCUT2D eigenvalue weighted by molar-refractivity contribution is -0.112. The molecule has 4 aliphatic rings. The summed E-state index contributed by atoms with van der Waals surface area (Å²) in [5.74, 6) is 4.89. The third kappa shape index (κ3) is 5.71. The number of fused-ring (bicyclic) bond motifs is 5. The third-order valence-corrected chi connectivity index (χ3v) is 20.1. The standard InChI is InChI=1S/C36H52Br4O2/c1-7-25(21(2)3)32(39)31(38)22(4)27-13-14-28-26-19-30(37)36(40)20-24(42-33(41)23-11-9-8-10-12-23)15-18-35(36,6)29(26)16-17-34(27,28)5/h8-12,21-22,24-32H,7,13-20H2,1-6H3/t22-,24?,25-,26-,27+,28-,29-,30?,31?,32?,34+,35+,36?/m0/s1. The second kappa shape index (κ2) is 13.0. The number of rotatable bonds is 8. The SMILES string of the molecule is CC[C@@H](C(C)C)C(Br)C(Br)[C@@H](C)[C@H]1CC[C@H]2[C@@H]3CC(Br)C4(Br)CC(OC(=O)c5ccccc5)CC[C@]4(C)[C@H]3CC[C@]12C. The number of ether oxygens (including phenoxy) is 1. The minimum Gasteiger partial charge on any atom is -0.459 e. The number of hydrogen-bond donors (Lipinski definition) is 0. The summed E-state index contributed by atoms with van der Waals surface area (Å²) >= 11 is 17.1. The molecule has 4 saturated carbocycles. The summed E-state index contributed by atoms with van der Waals surface area (Å²) < 4.78 is 6.07. The van der Waals surface area contributed by atoms with Gasteiger partial charge in [0.05, 0.1) is 5.56 Å². The summed E-state index contributed by atoms with van der Waals surface area (Å²) in [5, 5.41) is 0. The minimum atomic E-state index is -0.186. The van der Waals surface area contributed by atoms with Crippen LogP contribution in [-0.2, 0) is 4.74 Å². The van der Waals surface area contributed by atoms with Gasteiger partial charge in [-0.2, -0.15) is 0 Å². The molecule has 0 N–H and O–H groups in total. The first-order valence-corrected chi connectivity index (χ1v) is 20.2. The van der Waals surface area contributed by atoms with Crippen molar-refractivity contribution in [2.24, 2.45) is 52.3 Å². The van der Waals surface area contributed by atoms with E-state index in [9.17, 15) is 4.79 Å². The van der Waals surface area contributed by atoms with Crippen molar-refractivity contribution in [3.63, 3.8) is 0 Å². The van der Waals surface area contributed by atoms with Crippen molar-refractivity contribution in [1.82, 2.24) is 0 Å². The highest BCUT2D eigenvalue weighted by atomic mass is 79.9. The summed E-state index contributed by atoms with van der Waals surface area (Å²) in [7, 11) is 0. The van der Waals surface area contributed by atoms with E-state index in [0.717, 1.165) is 42.9 Å². The van der Waals surface area contributed by atoms with Crippen molar-refractivity contribution in [2.45, 2.75) is 124 Å². The molecule has 0 aliphatic heterocycles. The van der Waals surface area contributed by atoms with E-state index in [2.05, 4.69) is 105 Å². The monoisotopic (exact) mass is 832 g/mol. The molecule has 1 aromatic rings. The van der Waals surface area contributed by atoms with Gasteiger partial charge in [0.15, 0.2) is 0 Å². The first-order valence-electron chi connectivity index (χ1n) is 16.7. The zero-order valence-corrected chi connectivity index (χ0v) is 32.8. The van der Waals surface area contributed by atoms with Gasteiger partial charge < -0.3 is 4.74 Å². The first-order chi connectivity index (χ1) is 19.8. The number of esters is 1. The van der Waals surface area contributed by atoms with Crippen LogP contribution in [0.25, 0.3) is 0 Å². The van der Waals surface area contributed by atoms with E-state index in [1.54, 1.807) is 0 Å². The molecule has 0 saturated heterocycles. The first kappa shape index (κ1) is 34.0. The van der Waals surface area contributed by atoms with Crippen LogP contribution < -0.4 is 0 Å². The molecule has 0 heterocycles. The molecule has 13 atom stereocenters. The normalized spacial score (nSPS) is 42.5. The van der Waals surface area contributed by atoms with Gasteiger partial charge in [0.2, 0.25) is 0 Å². The average Bonchev–Trinajstić information content (AvgIpc) is 3.31. The Morgan fingerprint density at radius 2 is 1.67 bits per heavy atom. The molecule has 0 aromatic heterocycles. The van der Waals surface area contributed by atoms with Crippen molar-refractivity contribution >= 4 is 69.7 Å². The van der Waals surface area contributed by atoms with Gasteiger partial charge in [-0.1, -0.05) is 130 Å². The summed E-state index contributed by atoms with van der Waals surface area (Å²) in [6.45, 7) is 14.9. The van der Waals surface area contributed by atoms with Gasteiger partial charge in [0.1, 0.15) is 6.10 Å². The maximum atomic E-state index is 12.9. The molecule has 5 rings (SSSR count). The van der Waals surface area contributed by atoms with Gasteiger partial charge >= 0.3 is 5.97 Å². The van der Waals surface area contributed by atoms with Gasteiger partial charge in [-0.05, 0) is 109 Å². The maximum Gasteiger partial charge on any atom is 0.338 e. The zero-order valence-electron chi connectivity index (χ0n) is 26.4. The molecule has 0 bridgehead atoms. The molecule has 42 heavy (non-hydrogen) atoms. The second-order valence-electron chi connectivity index (χ2n) is 15.3.